The van der Waals surface area contributed by atoms with Crippen LogP contribution in [0.2, 0.25) is 0 Å². The van der Waals surface area contributed by atoms with Crippen molar-refractivity contribution in [2.75, 3.05) is 13.7 Å². The Balaban J connectivity index is 1.93. The second kappa shape index (κ2) is 7.36. The summed E-state index contributed by atoms with van der Waals surface area (Å²) in [5, 5.41) is 3.28. The summed E-state index contributed by atoms with van der Waals surface area (Å²) in [5.74, 6) is 0.0782. The maximum absolute atomic E-state index is 13.1. The Kier molecular flexibility index (Phi) is 5.19. The Hall–Kier alpha value is -2.20. The number of methoxy groups -OCH3 is 1. The Labute approximate surface area is 149 Å². The van der Waals surface area contributed by atoms with Crippen molar-refractivity contribution in [3.63, 3.8) is 0 Å². The maximum Gasteiger partial charge on any atom is 0.229 e. The van der Waals surface area contributed by atoms with Gasteiger partial charge in [0, 0.05) is 19.5 Å². The number of rotatable bonds is 6. The van der Waals surface area contributed by atoms with Crippen molar-refractivity contribution in [1.82, 2.24) is 10.3 Å². The first-order valence-corrected chi connectivity index (χ1v) is 8.83. The molecule has 0 unspecified atom stereocenters. The van der Waals surface area contributed by atoms with Crippen LogP contribution in [0.4, 0.5) is 0 Å². The third kappa shape index (κ3) is 3.59. The summed E-state index contributed by atoms with van der Waals surface area (Å²) < 4.78 is 5.33. The van der Waals surface area contributed by atoms with Gasteiger partial charge in [0.1, 0.15) is 0 Å². The fourth-order valence-corrected chi connectivity index (χ4v) is 3.64. The van der Waals surface area contributed by atoms with Crippen LogP contribution in [0.25, 0.3) is 0 Å². The lowest BCUT2D eigenvalue weighted by Crippen LogP contribution is -2.49. The minimum absolute atomic E-state index is 0.0782. The molecular formula is C21H26N2O2. The number of carbonyl (C=O) groups excluding carboxylic acids is 1. The van der Waals surface area contributed by atoms with Gasteiger partial charge >= 0.3 is 0 Å². The molecule has 1 heterocycles. The van der Waals surface area contributed by atoms with Crippen molar-refractivity contribution in [2.45, 2.75) is 39.2 Å². The summed E-state index contributed by atoms with van der Waals surface area (Å²) in [4.78, 5) is 17.3. The quantitative estimate of drug-likeness (QED) is 0.873. The van der Waals surface area contributed by atoms with Crippen molar-refractivity contribution in [3.8, 4) is 0 Å². The Morgan fingerprint density at radius 3 is 2.68 bits per heavy atom. The molecule has 1 N–H and O–H groups in total. The fraction of sp³-hybridized carbons (Fsp3) is 0.429. The Morgan fingerprint density at radius 1 is 1.32 bits per heavy atom. The van der Waals surface area contributed by atoms with E-state index in [-0.39, 0.29) is 17.4 Å². The molecule has 2 aromatic rings. The highest BCUT2D eigenvalue weighted by atomic mass is 16.5. The molecule has 4 heteroatoms. The predicted molar refractivity (Wildman–Crippen MR) is 98.3 cm³/mol. The van der Waals surface area contributed by atoms with Crippen molar-refractivity contribution in [3.05, 3.63) is 65.0 Å². The van der Waals surface area contributed by atoms with Gasteiger partial charge in [0.25, 0.3) is 0 Å². The first-order valence-electron chi connectivity index (χ1n) is 8.83. The number of pyridine rings is 1. The molecule has 132 valence electrons. The van der Waals surface area contributed by atoms with Crippen LogP contribution in [-0.4, -0.2) is 24.6 Å². The maximum atomic E-state index is 13.1. The Bertz CT molecular complexity index is 739. The average molecular weight is 338 g/mol. The van der Waals surface area contributed by atoms with Gasteiger partial charge < -0.3 is 10.1 Å². The highest BCUT2D eigenvalue weighted by molar-refractivity contribution is 5.84. The zero-order chi connectivity index (χ0) is 17.9. The molecule has 0 spiro atoms. The van der Waals surface area contributed by atoms with Crippen LogP contribution in [-0.2, 0) is 9.53 Å². The lowest BCUT2D eigenvalue weighted by atomic mass is 9.68. The van der Waals surface area contributed by atoms with E-state index in [1.54, 1.807) is 13.3 Å². The van der Waals surface area contributed by atoms with Crippen LogP contribution in [0.1, 0.15) is 47.6 Å². The summed E-state index contributed by atoms with van der Waals surface area (Å²) in [6.45, 7) is 4.65. The van der Waals surface area contributed by atoms with Gasteiger partial charge in [-0.3, -0.25) is 9.78 Å². The fourth-order valence-electron chi connectivity index (χ4n) is 3.64. The molecule has 1 aromatic heterocycles. The number of amides is 1. The van der Waals surface area contributed by atoms with E-state index in [4.69, 9.17) is 4.74 Å². The SMILES string of the molecule is COCC1(C(=O)N[C@@H](c2cccnc2)c2ccc(C)cc2C)CCC1. The van der Waals surface area contributed by atoms with E-state index in [9.17, 15) is 4.79 Å². The summed E-state index contributed by atoms with van der Waals surface area (Å²) in [6.07, 6.45) is 6.44. The minimum Gasteiger partial charge on any atom is -0.384 e. The Morgan fingerprint density at radius 2 is 2.12 bits per heavy atom. The van der Waals surface area contributed by atoms with Gasteiger partial charge in [-0.1, -0.05) is 36.2 Å². The number of nitrogens with one attached hydrogen (secondary N) is 1. The second-order valence-corrected chi connectivity index (χ2v) is 7.12. The van der Waals surface area contributed by atoms with Crippen LogP contribution >= 0.6 is 0 Å². The monoisotopic (exact) mass is 338 g/mol. The number of aryl methyl sites for hydroxylation is 2. The summed E-state index contributed by atoms with van der Waals surface area (Å²) in [5.41, 5.74) is 4.11. The van der Waals surface area contributed by atoms with Crippen LogP contribution in [0, 0.1) is 19.3 Å². The molecule has 1 aromatic carbocycles. The zero-order valence-electron chi connectivity index (χ0n) is 15.2. The number of aromatic nitrogens is 1. The molecule has 1 fully saturated rings. The topological polar surface area (TPSA) is 51.2 Å². The third-order valence-corrected chi connectivity index (χ3v) is 5.24. The van der Waals surface area contributed by atoms with E-state index < -0.39 is 0 Å². The van der Waals surface area contributed by atoms with E-state index in [0.717, 1.165) is 30.4 Å². The highest BCUT2D eigenvalue weighted by Gasteiger charge is 2.45. The molecule has 1 atom stereocenters. The third-order valence-electron chi connectivity index (χ3n) is 5.24. The molecule has 4 nitrogen and oxygen atoms in total. The molecule has 1 aliphatic rings. The second-order valence-electron chi connectivity index (χ2n) is 7.12. The summed E-state index contributed by atoms with van der Waals surface area (Å²) in [7, 11) is 1.66. The number of nitrogens with zero attached hydrogens (tertiary/aromatic N) is 1. The molecule has 0 aliphatic heterocycles. The van der Waals surface area contributed by atoms with Crippen molar-refractivity contribution in [1.29, 1.82) is 0 Å². The first-order chi connectivity index (χ1) is 12.1. The van der Waals surface area contributed by atoms with E-state index in [2.05, 4.69) is 42.3 Å². The standard InChI is InChI=1S/C21H26N2O2/c1-15-7-8-18(16(2)12-15)19(17-6-4-11-22-13-17)23-20(24)21(14-25-3)9-5-10-21/h4,6-8,11-13,19H,5,9-10,14H2,1-3H3,(H,23,24)/t19-/m0/s1. The zero-order valence-corrected chi connectivity index (χ0v) is 15.2. The van der Waals surface area contributed by atoms with Crippen LogP contribution in [0.5, 0.6) is 0 Å². The molecular weight excluding hydrogens is 312 g/mol. The molecule has 0 bridgehead atoms. The van der Waals surface area contributed by atoms with E-state index in [1.807, 2.05) is 18.3 Å². The van der Waals surface area contributed by atoms with Gasteiger partial charge in [0.2, 0.25) is 5.91 Å². The van der Waals surface area contributed by atoms with Crippen molar-refractivity contribution >= 4 is 5.91 Å². The normalized spacial score (nSPS) is 16.8. The van der Waals surface area contributed by atoms with Crippen molar-refractivity contribution in [2.24, 2.45) is 5.41 Å². The first kappa shape index (κ1) is 17.6. The predicted octanol–water partition coefficient (Wildman–Crippen LogP) is 3.72. The smallest absolute Gasteiger partial charge is 0.229 e. The van der Waals surface area contributed by atoms with E-state index in [1.165, 1.54) is 11.1 Å². The van der Waals surface area contributed by atoms with E-state index in [0.29, 0.717) is 6.61 Å². The number of ether oxygens (including phenoxy) is 1. The van der Waals surface area contributed by atoms with Gasteiger partial charge in [0.15, 0.2) is 0 Å². The largest absolute Gasteiger partial charge is 0.384 e. The number of benzene rings is 1. The molecule has 1 saturated carbocycles. The lowest BCUT2D eigenvalue weighted by molar-refractivity contribution is -0.141. The van der Waals surface area contributed by atoms with Gasteiger partial charge in [-0.25, -0.2) is 0 Å². The highest BCUT2D eigenvalue weighted by Crippen LogP contribution is 2.42. The van der Waals surface area contributed by atoms with Gasteiger partial charge in [0.05, 0.1) is 18.1 Å². The van der Waals surface area contributed by atoms with E-state index >= 15 is 0 Å². The molecule has 3 rings (SSSR count). The number of hydrogen-bond donors (Lipinski definition) is 1. The van der Waals surface area contributed by atoms with Crippen LogP contribution in [0.3, 0.4) is 0 Å². The lowest BCUT2D eigenvalue weighted by Gasteiger charge is -2.40. The van der Waals surface area contributed by atoms with Crippen LogP contribution < -0.4 is 5.32 Å². The molecule has 25 heavy (non-hydrogen) atoms. The minimum atomic E-state index is -0.381. The molecule has 0 radical (unpaired) electrons. The summed E-state index contributed by atoms with van der Waals surface area (Å²) >= 11 is 0. The van der Waals surface area contributed by atoms with Gasteiger partial charge in [-0.05, 0) is 49.4 Å². The van der Waals surface area contributed by atoms with Gasteiger partial charge in [-0.2, -0.15) is 0 Å². The summed E-state index contributed by atoms with van der Waals surface area (Å²) in [6, 6.07) is 10.1. The number of hydrogen-bond acceptors (Lipinski definition) is 3. The average Bonchev–Trinajstić information content (AvgIpc) is 2.57. The van der Waals surface area contributed by atoms with Crippen LogP contribution in [0.15, 0.2) is 42.7 Å². The van der Waals surface area contributed by atoms with Crippen molar-refractivity contribution < 1.29 is 9.53 Å². The van der Waals surface area contributed by atoms with Gasteiger partial charge in [-0.15, -0.1) is 0 Å². The molecule has 0 saturated heterocycles. The molecule has 1 amide bonds. The molecule has 1 aliphatic carbocycles. The number of carbonyl (C=O) groups is 1.